The fourth-order valence-electron chi connectivity index (χ4n) is 3.76. The van der Waals surface area contributed by atoms with E-state index in [9.17, 15) is 9.59 Å². The molecule has 0 fully saturated rings. The number of aromatic amines is 1. The van der Waals surface area contributed by atoms with Crippen LogP contribution in [0.2, 0.25) is 5.02 Å². The molecular formula is C26H21ClN6O2. The quantitative estimate of drug-likeness (QED) is 0.215. The molecule has 0 spiro atoms. The fraction of sp³-hybridized carbons (Fsp3) is 0.0385. The van der Waals surface area contributed by atoms with E-state index in [2.05, 4.69) is 31.2 Å². The number of nitrogens with one attached hydrogen (secondary N) is 5. The Bertz CT molecular complexity index is 1480. The van der Waals surface area contributed by atoms with Gasteiger partial charge in [-0.05, 0) is 61.5 Å². The number of aryl methyl sites for hydroxylation is 1. The van der Waals surface area contributed by atoms with Crippen LogP contribution >= 0.6 is 11.6 Å². The Morgan fingerprint density at radius 2 is 1.66 bits per heavy atom. The number of halogens is 1. The van der Waals surface area contributed by atoms with Crippen molar-refractivity contribution in [2.75, 3.05) is 21.3 Å². The zero-order valence-corrected chi connectivity index (χ0v) is 19.4. The topological polar surface area (TPSA) is 111 Å². The van der Waals surface area contributed by atoms with E-state index in [1.54, 1.807) is 42.6 Å². The van der Waals surface area contributed by atoms with Crippen molar-refractivity contribution in [2.24, 2.45) is 0 Å². The molecule has 0 radical (unpaired) electrons. The molecule has 2 heterocycles. The van der Waals surface area contributed by atoms with Gasteiger partial charge < -0.3 is 26.3 Å². The lowest BCUT2D eigenvalue weighted by atomic mass is 10.1. The van der Waals surface area contributed by atoms with Crippen LogP contribution in [0.4, 0.5) is 33.2 Å². The predicted molar refractivity (Wildman–Crippen MR) is 140 cm³/mol. The molecular weight excluding hydrogens is 464 g/mol. The average Bonchev–Trinajstić information content (AvgIpc) is 3.36. The molecule has 0 bridgehead atoms. The molecule has 0 atom stereocenters. The summed E-state index contributed by atoms with van der Waals surface area (Å²) in [5.74, 6) is 0.453. The number of hydrogen-bond acceptors (Lipinski definition) is 4. The monoisotopic (exact) mass is 484 g/mol. The van der Waals surface area contributed by atoms with Gasteiger partial charge in [0.1, 0.15) is 5.82 Å². The molecule has 174 valence electrons. The number of carbonyl (C=O) groups excluding carboxylic acids is 2. The molecule has 9 heteroatoms. The molecule has 5 rings (SSSR count). The van der Waals surface area contributed by atoms with Crippen LogP contribution in [0.15, 0.2) is 72.9 Å². The van der Waals surface area contributed by atoms with E-state index in [1.807, 2.05) is 43.3 Å². The number of urea groups is 1. The Morgan fingerprint density at radius 3 is 2.40 bits per heavy atom. The van der Waals surface area contributed by atoms with Gasteiger partial charge in [0.15, 0.2) is 0 Å². The first kappa shape index (κ1) is 22.2. The molecule has 8 nitrogen and oxygen atoms in total. The first-order valence-electron chi connectivity index (χ1n) is 10.8. The Labute approximate surface area is 206 Å². The van der Waals surface area contributed by atoms with E-state index in [0.717, 1.165) is 22.6 Å². The molecule has 1 aliphatic heterocycles. The second-order valence-corrected chi connectivity index (χ2v) is 8.46. The highest BCUT2D eigenvalue weighted by Crippen LogP contribution is 2.35. The number of nitrogens with zero attached hydrogens (tertiary/aromatic N) is 1. The number of aromatic nitrogens is 2. The van der Waals surface area contributed by atoms with E-state index >= 15 is 0 Å². The molecule has 4 aromatic rings. The van der Waals surface area contributed by atoms with E-state index < -0.39 is 0 Å². The van der Waals surface area contributed by atoms with Crippen molar-refractivity contribution in [1.82, 2.24) is 9.97 Å². The van der Waals surface area contributed by atoms with E-state index in [0.29, 0.717) is 33.5 Å². The van der Waals surface area contributed by atoms with Gasteiger partial charge in [-0.15, -0.1) is 0 Å². The minimum atomic E-state index is -0.379. The van der Waals surface area contributed by atoms with E-state index in [-0.39, 0.29) is 11.9 Å². The Morgan fingerprint density at radius 1 is 0.943 bits per heavy atom. The van der Waals surface area contributed by atoms with Crippen LogP contribution in [0, 0.1) is 6.92 Å². The Kier molecular flexibility index (Phi) is 5.95. The summed E-state index contributed by atoms with van der Waals surface area (Å²) in [5.41, 5.74) is 5.78. The normalized spacial score (nSPS) is 13.3. The molecule has 1 aromatic heterocycles. The summed E-state index contributed by atoms with van der Waals surface area (Å²) in [4.78, 5) is 32.2. The highest BCUT2D eigenvalue weighted by Gasteiger charge is 2.24. The summed E-state index contributed by atoms with van der Waals surface area (Å²) in [6.45, 7) is 1.91. The summed E-state index contributed by atoms with van der Waals surface area (Å²) >= 11 is 5.96. The lowest BCUT2D eigenvalue weighted by Crippen LogP contribution is -2.19. The zero-order valence-electron chi connectivity index (χ0n) is 18.6. The van der Waals surface area contributed by atoms with Crippen molar-refractivity contribution in [3.8, 4) is 0 Å². The van der Waals surface area contributed by atoms with Crippen LogP contribution in [-0.4, -0.2) is 21.9 Å². The lowest BCUT2D eigenvalue weighted by molar-refractivity contribution is -0.110. The highest BCUT2D eigenvalue weighted by molar-refractivity contribution is 6.35. The van der Waals surface area contributed by atoms with Gasteiger partial charge in [0, 0.05) is 45.2 Å². The SMILES string of the molecule is Cc1cnc(/C=C2/C(=O)Nc3cc(Nc4cccc(NC(=O)Nc5cccc(Cl)c5)c4)ccc32)[nH]1. The van der Waals surface area contributed by atoms with Gasteiger partial charge >= 0.3 is 6.03 Å². The standard InChI is InChI=1S/C26H21ClN6O2/c1-15-14-28-24(29-15)13-22-21-9-8-20(12-23(21)33-25(22)34)30-18-6-3-7-19(11-18)32-26(35)31-17-5-2-4-16(27)10-17/h2-14,30H,1H3,(H,28,29)(H,33,34)(H2,31,32,35)/b22-13+. The summed E-state index contributed by atoms with van der Waals surface area (Å²) < 4.78 is 0. The number of rotatable bonds is 5. The molecule has 0 unspecified atom stereocenters. The lowest BCUT2D eigenvalue weighted by Gasteiger charge is -2.11. The number of amides is 3. The molecule has 0 saturated heterocycles. The highest BCUT2D eigenvalue weighted by atomic mass is 35.5. The Hall–Kier alpha value is -4.56. The maximum atomic E-state index is 12.5. The maximum Gasteiger partial charge on any atom is 0.323 e. The van der Waals surface area contributed by atoms with Gasteiger partial charge in [-0.1, -0.05) is 29.8 Å². The minimum Gasteiger partial charge on any atom is -0.355 e. The van der Waals surface area contributed by atoms with Crippen molar-refractivity contribution in [2.45, 2.75) is 6.92 Å². The number of H-pyrrole nitrogens is 1. The van der Waals surface area contributed by atoms with Crippen molar-refractivity contribution in [3.63, 3.8) is 0 Å². The average molecular weight is 485 g/mol. The summed E-state index contributed by atoms with van der Waals surface area (Å²) in [6.07, 6.45) is 3.46. The number of anilines is 5. The third-order valence-corrected chi connectivity index (χ3v) is 5.53. The van der Waals surface area contributed by atoms with Gasteiger partial charge in [-0.3, -0.25) is 4.79 Å². The molecule has 35 heavy (non-hydrogen) atoms. The van der Waals surface area contributed by atoms with E-state index in [1.165, 1.54) is 0 Å². The smallest absolute Gasteiger partial charge is 0.323 e. The number of fused-ring (bicyclic) bond motifs is 1. The number of benzene rings is 3. The number of carbonyl (C=O) groups is 2. The number of imidazole rings is 1. The van der Waals surface area contributed by atoms with Crippen LogP contribution in [0.5, 0.6) is 0 Å². The first-order valence-corrected chi connectivity index (χ1v) is 11.2. The van der Waals surface area contributed by atoms with Crippen LogP contribution in [0.1, 0.15) is 17.1 Å². The van der Waals surface area contributed by atoms with Gasteiger partial charge in [-0.2, -0.15) is 0 Å². The van der Waals surface area contributed by atoms with Gasteiger partial charge in [0.2, 0.25) is 0 Å². The molecule has 5 N–H and O–H groups in total. The van der Waals surface area contributed by atoms with Crippen LogP contribution in [0.25, 0.3) is 11.6 Å². The summed E-state index contributed by atoms with van der Waals surface area (Å²) in [7, 11) is 0. The maximum absolute atomic E-state index is 12.5. The second kappa shape index (κ2) is 9.36. The van der Waals surface area contributed by atoms with Crippen molar-refractivity contribution >= 4 is 63.6 Å². The summed E-state index contributed by atoms with van der Waals surface area (Å²) in [5, 5.41) is 12.3. The van der Waals surface area contributed by atoms with E-state index in [4.69, 9.17) is 11.6 Å². The molecule has 0 aliphatic carbocycles. The second-order valence-electron chi connectivity index (χ2n) is 8.02. The van der Waals surface area contributed by atoms with Crippen LogP contribution < -0.4 is 21.3 Å². The van der Waals surface area contributed by atoms with Crippen LogP contribution in [-0.2, 0) is 4.79 Å². The minimum absolute atomic E-state index is 0.178. The predicted octanol–water partition coefficient (Wildman–Crippen LogP) is 6.25. The van der Waals surface area contributed by atoms with Crippen molar-refractivity contribution in [3.05, 3.63) is 95.0 Å². The van der Waals surface area contributed by atoms with Gasteiger partial charge in [-0.25, -0.2) is 9.78 Å². The van der Waals surface area contributed by atoms with Gasteiger partial charge in [0.05, 0.1) is 11.3 Å². The molecule has 3 amide bonds. The Balaban J connectivity index is 1.28. The third-order valence-electron chi connectivity index (χ3n) is 5.30. The first-order chi connectivity index (χ1) is 16.9. The molecule has 3 aromatic carbocycles. The fourth-order valence-corrected chi connectivity index (χ4v) is 3.95. The van der Waals surface area contributed by atoms with Crippen molar-refractivity contribution in [1.29, 1.82) is 0 Å². The number of hydrogen-bond donors (Lipinski definition) is 5. The van der Waals surface area contributed by atoms with Gasteiger partial charge in [0.25, 0.3) is 5.91 Å². The summed E-state index contributed by atoms with van der Waals surface area (Å²) in [6, 6.07) is 19.5. The third kappa shape index (κ3) is 5.18. The molecule has 1 aliphatic rings. The van der Waals surface area contributed by atoms with Crippen molar-refractivity contribution < 1.29 is 9.59 Å². The largest absolute Gasteiger partial charge is 0.355 e. The van der Waals surface area contributed by atoms with Crippen LogP contribution in [0.3, 0.4) is 0 Å². The molecule has 0 saturated carbocycles. The zero-order chi connectivity index (χ0) is 24.4.